The van der Waals surface area contributed by atoms with Crippen LogP contribution in [0.4, 0.5) is 5.69 Å². The number of carbonyl (C=O) groups excluding carboxylic acids is 1. The van der Waals surface area contributed by atoms with Crippen LogP contribution in [0.25, 0.3) is 0 Å². The van der Waals surface area contributed by atoms with Gasteiger partial charge >= 0.3 is 0 Å². The van der Waals surface area contributed by atoms with E-state index in [2.05, 4.69) is 21.2 Å². The molecule has 1 saturated heterocycles. The van der Waals surface area contributed by atoms with Gasteiger partial charge in [0.25, 0.3) is 11.9 Å². The van der Waals surface area contributed by atoms with Crippen LogP contribution in [0.2, 0.25) is 0 Å². The molecule has 152 valence electrons. The van der Waals surface area contributed by atoms with Crippen molar-refractivity contribution >= 4 is 27.5 Å². The van der Waals surface area contributed by atoms with Crippen LogP contribution < -0.4 is 14.8 Å². The minimum Gasteiger partial charge on any atom is -0.493 e. The first-order valence-electron chi connectivity index (χ1n) is 9.03. The summed E-state index contributed by atoms with van der Waals surface area (Å²) in [6, 6.07) is 9.54. The summed E-state index contributed by atoms with van der Waals surface area (Å²) in [5, 5.41) is 15.2. The van der Waals surface area contributed by atoms with Crippen molar-refractivity contribution in [2.75, 3.05) is 33.1 Å². The highest BCUT2D eigenvalue weighted by molar-refractivity contribution is 9.10. The average Bonchev–Trinajstić information content (AvgIpc) is 3.17. The zero-order valence-corrected chi connectivity index (χ0v) is 17.7. The van der Waals surface area contributed by atoms with Gasteiger partial charge in [-0.15, -0.1) is 0 Å². The number of nitrogens with one attached hydrogen (secondary N) is 1. The van der Waals surface area contributed by atoms with Crippen LogP contribution in [0.15, 0.2) is 40.9 Å². The Kier molecular flexibility index (Phi) is 4.74. The van der Waals surface area contributed by atoms with Crippen molar-refractivity contribution in [2.45, 2.75) is 17.5 Å². The number of benzene rings is 2. The molecule has 0 unspecified atom stereocenters. The number of likely N-dealkylation sites (N-methyl/N-ethyl adjacent to an activating group) is 1. The molecule has 0 radical (unpaired) electrons. The van der Waals surface area contributed by atoms with Gasteiger partial charge in [-0.3, -0.25) is 19.8 Å². The lowest BCUT2D eigenvalue weighted by Crippen LogP contribution is -2.54. The third-order valence-corrected chi connectivity index (χ3v) is 6.51. The number of fused-ring (bicyclic) bond motifs is 2. The summed E-state index contributed by atoms with van der Waals surface area (Å²) in [6.45, 7) is 0.343. The van der Waals surface area contributed by atoms with Gasteiger partial charge in [0.05, 0.1) is 24.6 Å². The molecule has 8 nitrogen and oxygen atoms in total. The van der Waals surface area contributed by atoms with Gasteiger partial charge in [0.2, 0.25) is 0 Å². The number of hydrogen-bond donors (Lipinski definition) is 1. The number of methoxy groups -OCH3 is 2. The van der Waals surface area contributed by atoms with Crippen LogP contribution in [0.1, 0.15) is 17.0 Å². The van der Waals surface area contributed by atoms with Crippen molar-refractivity contribution in [3.8, 4) is 11.5 Å². The highest BCUT2D eigenvalue weighted by atomic mass is 79.9. The maximum Gasteiger partial charge on any atom is 0.256 e. The molecule has 0 saturated carbocycles. The fraction of sp³-hybridized carbons (Fsp3) is 0.350. The quantitative estimate of drug-likeness (QED) is 0.555. The van der Waals surface area contributed by atoms with E-state index in [9.17, 15) is 14.9 Å². The van der Waals surface area contributed by atoms with Crippen molar-refractivity contribution < 1.29 is 19.2 Å². The number of likely N-dealkylation sites (tertiary alicyclic amines) is 1. The van der Waals surface area contributed by atoms with Crippen LogP contribution in [0.3, 0.4) is 0 Å². The topological polar surface area (TPSA) is 93.9 Å². The molecule has 2 aromatic carbocycles. The number of ether oxygens (including phenoxy) is 2. The lowest BCUT2D eigenvalue weighted by Gasteiger charge is -2.30. The van der Waals surface area contributed by atoms with Gasteiger partial charge in [-0.25, -0.2) is 0 Å². The molecule has 1 spiro atoms. The number of anilines is 1. The fourth-order valence-electron chi connectivity index (χ4n) is 4.73. The highest BCUT2D eigenvalue weighted by Crippen LogP contribution is 2.53. The third-order valence-electron chi connectivity index (χ3n) is 5.93. The number of amides is 1. The maximum atomic E-state index is 13.1. The average molecular weight is 462 g/mol. The molecule has 1 amide bonds. The lowest BCUT2D eigenvalue weighted by atomic mass is 9.79. The summed E-state index contributed by atoms with van der Waals surface area (Å²) in [5.74, 6) is 0.0886. The summed E-state index contributed by atoms with van der Waals surface area (Å²) < 4.78 is 11.4. The number of halogens is 1. The minimum atomic E-state index is -1.37. The van der Waals surface area contributed by atoms with Crippen LogP contribution in [0, 0.1) is 10.1 Å². The minimum absolute atomic E-state index is 0.333. The van der Waals surface area contributed by atoms with Gasteiger partial charge < -0.3 is 14.8 Å². The van der Waals surface area contributed by atoms with E-state index in [1.54, 1.807) is 48.3 Å². The molecule has 2 aromatic rings. The fourth-order valence-corrected chi connectivity index (χ4v) is 5.35. The van der Waals surface area contributed by atoms with Gasteiger partial charge in [0, 0.05) is 22.7 Å². The molecule has 9 heteroatoms. The molecular weight excluding hydrogens is 442 g/mol. The van der Waals surface area contributed by atoms with Crippen molar-refractivity contribution in [1.82, 2.24) is 4.90 Å². The van der Waals surface area contributed by atoms with E-state index in [-0.39, 0.29) is 10.8 Å². The second-order valence-electron chi connectivity index (χ2n) is 7.22. The number of para-hydroxylation sites is 1. The SMILES string of the molecule is COc1cc([C@@H]2CN(C)[C@]3(C(=O)Nc4ccccc43)[C@@H]2[N+](=O)[O-])cc(Br)c1OC. The molecule has 29 heavy (non-hydrogen) atoms. The highest BCUT2D eigenvalue weighted by Gasteiger charge is 2.68. The summed E-state index contributed by atoms with van der Waals surface area (Å²) in [4.78, 5) is 26.9. The molecule has 1 N–H and O–H groups in total. The Labute approximate surface area is 176 Å². The van der Waals surface area contributed by atoms with Crippen molar-refractivity contribution in [2.24, 2.45) is 0 Å². The summed E-state index contributed by atoms with van der Waals surface area (Å²) in [7, 11) is 4.80. The van der Waals surface area contributed by atoms with Gasteiger partial charge in [-0.2, -0.15) is 0 Å². The molecule has 0 aliphatic carbocycles. The Bertz CT molecular complexity index is 1010. The van der Waals surface area contributed by atoms with E-state index in [1.807, 2.05) is 0 Å². The van der Waals surface area contributed by atoms with Gasteiger partial charge in [-0.1, -0.05) is 18.2 Å². The first-order valence-corrected chi connectivity index (χ1v) is 9.82. The second-order valence-corrected chi connectivity index (χ2v) is 8.08. The lowest BCUT2D eigenvalue weighted by molar-refractivity contribution is -0.534. The van der Waals surface area contributed by atoms with Gasteiger partial charge in [0.1, 0.15) is 0 Å². The Morgan fingerprint density at radius 1 is 1.28 bits per heavy atom. The number of nitro groups is 1. The normalized spacial score (nSPS) is 25.7. The van der Waals surface area contributed by atoms with Crippen LogP contribution >= 0.6 is 15.9 Å². The second kappa shape index (κ2) is 7.00. The molecule has 1 fully saturated rings. The zero-order valence-electron chi connectivity index (χ0n) is 16.1. The van der Waals surface area contributed by atoms with Crippen LogP contribution in [0.5, 0.6) is 11.5 Å². The zero-order chi connectivity index (χ0) is 20.9. The molecule has 0 aromatic heterocycles. The van der Waals surface area contributed by atoms with Crippen molar-refractivity contribution in [3.05, 3.63) is 62.1 Å². The summed E-state index contributed by atoms with van der Waals surface area (Å²) in [5.41, 5.74) is 0.587. The van der Waals surface area contributed by atoms with E-state index >= 15 is 0 Å². The largest absolute Gasteiger partial charge is 0.493 e. The number of hydrogen-bond acceptors (Lipinski definition) is 6. The molecule has 2 aliphatic rings. The Hall–Kier alpha value is -2.65. The smallest absolute Gasteiger partial charge is 0.256 e. The summed E-state index contributed by atoms with van der Waals surface area (Å²) in [6.07, 6.45) is 0. The third kappa shape index (κ3) is 2.64. The van der Waals surface area contributed by atoms with E-state index in [0.29, 0.717) is 39.3 Å². The predicted molar refractivity (Wildman–Crippen MR) is 110 cm³/mol. The van der Waals surface area contributed by atoms with E-state index < -0.39 is 17.5 Å². The van der Waals surface area contributed by atoms with Gasteiger partial charge in [0.15, 0.2) is 17.0 Å². The number of nitrogens with zero attached hydrogens (tertiary/aromatic N) is 2. The molecular formula is C20H20BrN3O5. The molecule has 2 heterocycles. The van der Waals surface area contributed by atoms with E-state index in [4.69, 9.17) is 9.47 Å². The number of carbonyl (C=O) groups is 1. The van der Waals surface area contributed by atoms with E-state index in [1.165, 1.54) is 14.2 Å². The van der Waals surface area contributed by atoms with E-state index in [0.717, 1.165) is 0 Å². The number of rotatable bonds is 4. The maximum absolute atomic E-state index is 13.1. The predicted octanol–water partition coefficient (Wildman–Crippen LogP) is 2.99. The standard InChI is InChI=1S/C20H20BrN3O5/c1-23-10-12(11-8-14(21)17(29-3)16(9-11)28-2)18(24(26)27)20(23)13-6-4-5-7-15(13)22-19(20)25/h4-9,12,18H,10H2,1-3H3,(H,22,25)/t12-,18+,20-/m0/s1. The molecule has 4 rings (SSSR count). The summed E-state index contributed by atoms with van der Waals surface area (Å²) >= 11 is 3.46. The van der Waals surface area contributed by atoms with Crippen LogP contribution in [-0.2, 0) is 10.3 Å². The first-order chi connectivity index (χ1) is 13.9. The molecule has 2 aliphatic heterocycles. The Balaban J connectivity index is 1.90. The molecule has 0 bridgehead atoms. The monoisotopic (exact) mass is 461 g/mol. The van der Waals surface area contributed by atoms with Crippen molar-refractivity contribution in [3.63, 3.8) is 0 Å². The molecule has 3 atom stereocenters. The van der Waals surface area contributed by atoms with Gasteiger partial charge in [-0.05, 0) is 46.7 Å². The Morgan fingerprint density at radius 3 is 2.66 bits per heavy atom. The first kappa shape index (κ1) is 19.7. The van der Waals surface area contributed by atoms with Crippen LogP contribution in [-0.4, -0.2) is 49.6 Å². The van der Waals surface area contributed by atoms with Crippen molar-refractivity contribution in [1.29, 1.82) is 0 Å². The Morgan fingerprint density at radius 2 is 2.00 bits per heavy atom.